The number of hydrogen-bond acceptors (Lipinski definition) is 5. The molecule has 0 bridgehead atoms. The Morgan fingerprint density at radius 2 is 2.15 bits per heavy atom. The first-order valence-electron chi connectivity index (χ1n) is 6.59. The monoisotopic (exact) mass is 276 g/mol. The summed E-state index contributed by atoms with van der Waals surface area (Å²) in [6.45, 7) is 3.40. The molecule has 0 aliphatic rings. The number of ether oxygens (including phenoxy) is 2. The summed E-state index contributed by atoms with van der Waals surface area (Å²) in [5, 5.41) is 3.95. The maximum atomic E-state index is 5.88. The highest BCUT2D eigenvalue weighted by atomic mass is 16.5. The van der Waals surface area contributed by atoms with Gasteiger partial charge in [-0.3, -0.25) is 0 Å². The average Bonchev–Trinajstić information content (AvgIpc) is 2.87. The molecule has 0 atom stereocenters. The van der Waals surface area contributed by atoms with Gasteiger partial charge in [0.15, 0.2) is 5.76 Å². The van der Waals surface area contributed by atoms with Gasteiger partial charge >= 0.3 is 0 Å². The van der Waals surface area contributed by atoms with Crippen LogP contribution in [0, 0.1) is 6.92 Å². The minimum atomic E-state index is 0.371. The Hall–Kier alpha value is -1.85. The predicted octanol–water partition coefficient (Wildman–Crippen LogP) is 2.21. The molecule has 0 saturated carbocycles. The van der Waals surface area contributed by atoms with Gasteiger partial charge in [-0.2, -0.15) is 0 Å². The van der Waals surface area contributed by atoms with E-state index in [4.69, 9.17) is 19.7 Å². The van der Waals surface area contributed by atoms with Crippen molar-refractivity contribution in [3.05, 3.63) is 46.8 Å². The van der Waals surface area contributed by atoms with Gasteiger partial charge in [0.2, 0.25) is 0 Å². The maximum Gasteiger partial charge on any atom is 0.162 e. The Balaban J connectivity index is 2.05. The molecule has 0 aliphatic heterocycles. The fourth-order valence-electron chi connectivity index (χ4n) is 2.05. The van der Waals surface area contributed by atoms with Gasteiger partial charge in [0, 0.05) is 13.2 Å². The maximum absolute atomic E-state index is 5.88. The molecule has 5 nitrogen and oxygen atoms in total. The average molecular weight is 276 g/mol. The summed E-state index contributed by atoms with van der Waals surface area (Å²) in [7, 11) is 1.62. The van der Waals surface area contributed by atoms with Crippen LogP contribution in [0.1, 0.15) is 22.6 Å². The van der Waals surface area contributed by atoms with E-state index in [1.165, 1.54) is 0 Å². The smallest absolute Gasteiger partial charge is 0.162 e. The van der Waals surface area contributed by atoms with Gasteiger partial charge in [0.25, 0.3) is 0 Å². The van der Waals surface area contributed by atoms with Gasteiger partial charge in [-0.15, -0.1) is 0 Å². The van der Waals surface area contributed by atoms with E-state index in [0.717, 1.165) is 29.0 Å². The van der Waals surface area contributed by atoms with Gasteiger partial charge in [-0.05, 0) is 31.0 Å². The van der Waals surface area contributed by atoms with Crippen LogP contribution in [0.3, 0.4) is 0 Å². The van der Waals surface area contributed by atoms with Gasteiger partial charge in [-0.1, -0.05) is 23.4 Å². The lowest BCUT2D eigenvalue weighted by Gasteiger charge is -2.12. The topological polar surface area (TPSA) is 70.5 Å². The summed E-state index contributed by atoms with van der Waals surface area (Å²) in [5.41, 5.74) is 8.59. The number of hydrogen-bond donors (Lipinski definition) is 1. The molecular weight excluding hydrogens is 256 g/mol. The zero-order valence-electron chi connectivity index (χ0n) is 11.9. The number of rotatable bonds is 7. The second kappa shape index (κ2) is 7.07. The minimum Gasteiger partial charge on any atom is -0.487 e. The molecule has 5 heteroatoms. The van der Waals surface area contributed by atoms with Crippen LogP contribution >= 0.6 is 0 Å². The summed E-state index contributed by atoms with van der Waals surface area (Å²) >= 11 is 0. The van der Waals surface area contributed by atoms with Crippen molar-refractivity contribution >= 4 is 0 Å². The van der Waals surface area contributed by atoms with Crippen molar-refractivity contribution in [3.8, 4) is 5.75 Å². The zero-order chi connectivity index (χ0) is 14.4. The van der Waals surface area contributed by atoms with E-state index >= 15 is 0 Å². The summed E-state index contributed by atoms with van der Waals surface area (Å²) in [4.78, 5) is 0. The molecule has 2 rings (SSSR count). The Morgan fingerprint density at radius 3 is 2.90 bits per heavy atom. The third-order valence-corrected chi connectivity index (χ3v) is 2.97. The number of aromatic nitrogens is 1. The van der Waals surface area contributed by atoms with Gasteiger partial charge in [-0.25, -0.2) is 0 Å². The summed E-state index contributed by atoms with van der Waals surface area (Å²) < 4.78 is 16.0. The fraction of sp³-hybridized carbons (Fsp3) is 0.400. The molecule has 1 heterocycles. The standard InChI is InChI=1S/C15H20N2O3/c1-11-4-3-5-12(6-7-16)15(11)19-9-13-8-14(10-18-2)20-17-13/h3-5,8H,6-7,9-10,16H2,1-2H3. The second-order valence-electron chi connectivity index (χ2n) is 4.61. The minimum absolute atomic E-state index is 0.371. The van der Waals surface area contributed by atoms with E-state index in [1.807, 2.05) is 31.2 Å². The Kier molecular flexibility index (Phi) is 5.15. The molecule has 0 saturated heterocycles. The van der Waals surface area contributed by atoms with E-state index in [0.29, 0.717) is 25.5 Å². The van der Waals surface area contributed by atoms with Crippen LogP contribution in [0.25, 0.3) is 0 Å². The van der Waals surface area contributed by atoms with Crippen molar-refractivity contribution in [2.45, 2.75) is 26.6 Å². The molecule has 0 radical (unpaired) electrons. The van der Waals surface area contributed by atoms with Crippen LogP contribution in [0.15, 0.2) is 28.8 Å². The second-order valence-corrected chi connectivity index (χ2v) is 4.61. The van der Waals surface area contributed by atoms with Crippen molar-refractivity contribution < 1.29 is 14.0 Å². The molecule has 108 valence electrons. The number of aryl methyl sites for hydroxylation is 1. The molecule has 0 spiro atoms. The molecule has 20 heavy (non-hydrogen) atoms. The van der Waals surface area contributed by atoms with E-state index in [-0.39, 0.29) is 0 Å². The van der Waals surface area contributed by atoms with Gasteiger partial charge < -0.3 is 19.7 Å². The zero-order valence-corrected chi connectivity index (χ0v) is 11.9. The molecule has 1 aromatic carbocycles. The third-order valence-electron chi connectivity index (χ3n) is 2.97. The number of nitrogens with two attached hydrogens (primary N) is 1. The SMILES string of the molecule is COCc1cc(COc2c(C)cccc2CCN)no1. The molecule has 0 aliphatic carbocycles. The Bertz CT molecular complexity index is 552. The normalized spacial score (nSPS) is 10.8. The fourth-order valence-corrected chi connectivity index (χ4v) is 2.05. The molecule has 2 aromatic rings. The largest absolute Gasteiger partial charge is 0.487 e. The first-order valence-corrected chi connectivity index (χ1v) is 6.59. The van der Waals surface area contributed by atoms with Crippen LogP contribution < -0.4 is 10.5 Å². The lowest BCUT2D eigenvalue weighted by Crippen LogP contribution is -2.06. The first kappa shape index (κ1) is 14.6. The highest BCUT2D eigenvalue weighted by Crippen LogP contribution is 2.24. The van der Waals surface area contributed by atoms with Gasteiger partial charge in [0.05, 0.1) is 0 Å². The lowest BCUT2D eigenvalue weighted by molar-refractivity contribution is 0.155. The predicted molar refractivity (Wildman–Crippen MR) is 75.5 cm³/mol. The summed E-state index contributed by atoms with van der Waals surface area (Å²) in [5.74, 6) is 1.58. The summed E-state index contributed by atoms with van der Waals surface area (Å²) in [6.07, 6.45) is 0.796. The lowest BCUT2D eigenvalue weighted by atomic mass is 10.1. The van der Waals surface area contributed by atoms with Crippen LogP contribution in [-0.2, 0) is 24.4 Å². The molecule has 1 aromatic heterocycles. The number of benzene rings is 1. The van der Waals surface area contributed by atoms with Crippen LogP contribution in [-0.4, -0.2) is 18.8 Å². The highest BCUT2D eigenvalue weighted by Gasteiger charge is 2.09. The van der Waals surface area contributed by atoms with Crippen molar-refractivity contribution in [2.24, 2.45) is 5.73 Å². The van der Waals surface area contributed by atoms with E-state index < -0.39 is 0 Å². The van der Waals surface area contributed by atoms with E-state index in [9.17, 15) is 0 Å². The third kappa shape index (κ3) is 3.59. The van der Waals surface area contributed by atoms with Crippen LogP contribution in [0.4, 0.5) is 0 Å². The number of para-hydroxylation sites is 1. The first-order chi connectivity index (χ1) is 9.74. The molecule has 0 amide bonds. The van der Waals surface area contributed by atoms with Crippen molar-refractivity contribution in [2.75, 3.05) is 13.7 Å². The van der Waals surface area contributed by atoms with Crippen molar-refractivity contribution in [3.63, 3.8) is 0 Å². The van der Waals surface area contributed by atoms with E-state index in [1.54, 1.807) is 7.11 Å². The quantitative estimate of drug-likeness (QED) is 0.839. The van der Waals surface area contributed by atoms with Crippen LogP contribution in [0.5, 0.6) is 5.75 Å². The van der Waals surface area contributed by atoms with Crippen molar-refractivity contribution in [1.29, 1.82) is 0 Å². The Labute approximate surface area is 118 Å². The number of nitrogens with zero attached hydrogens (tertiary/aromatic N) is 1. The Morgan fingerprint density at radius 1 is 1.30 bits per heavy atom. The van der Waals surface area contributed by atoms with Gasteiger partial charge in [0.1, 0.15) is 24.7 Å². The van der Waals surface area contributed by atoms with Crippen LogP contribution in [0.2, 0.25) is 0 Å². The summed E-state index contributed by atoms with van der Waals surface area (Å²) in [6, 6.07) is 7.91. The highest BCUT2D eigenvalue weighted by molar-refractivity contribution is 5.41. The molecule has 2 N–H and O–H groups in total. The number of methoxy groups -OCH3 is 1. The molecule has 0 unspecified atom stereocenters. The molecule has 0 fully saturated rings. The van der Waals surface area contributed by atoms with E-state index in [2.05, 4.69) is 5.16 Å². The molecular formula is C15H20N2O3. The van der Waals surface area contributed by atoms with Crippen molar-refractivity contribution in [1.82, 2.24) is 5.16 Å².